The molecule has 0 aromatic heterocycles. The van der Waals surface area contributed by atoms with Crippen LogP contribution in [0, 0.1) is 5.41 Å². The van der Waals surface area contributed by atoms with E-state index >= 15 is 0 Å². The Morgan fingerprint density at radius 3 is 2.38 bits per heavy atom. The number of carbonyl (C=O) groups is 1. The van der Waals surface area contributed by atoms with E-state index in [1.54, 1.807) is 0 Å². The van der Waals surface area contributed by atoms with E-state index in [1.165, 1.54) is 12.8 Å². The SMILES string of the molecule is NCC1(C(=O)NCCCO)CCCCCC1. The zero-order valence-corrected chi connectivity index (χ0v) is 10.0. The van der Waals surface area contributed by atoms with Gasteiger partial charge in [0.1, 0.15) is 0 Å². The van der Waals surface area contributed by atoms with Crippen LogP contribution in [0.1, 0.15) is 44.9 Å². The number of aliphatic hydroxyl groups is 1. The van der Waals surface area contributed by atoms with Crippen molar-refractivity contribution in [3.63, 3.8) is 0 Å². The normalized spacial score (nSPS) is 20.1. The lowest BCUT2D eigenvalue weighted by atomic mass is 9.79. The summed E-state index contributed by atoms with van der Waals surface area (Å²) >= 11 is 0. The summed E-state index contributed by atoms with van der Waals surface area (Å²) in [7, 11) is 0. The smallest absolute Gasteiger partial charge is 0.227 e. The zero-order valence-electron chi connectivity index (χ0n) is 10.0. The third-order valence-corrected chi connectivity index (χ3v) is 3.55. The molecule has 1 aliphatic rings. The van der Waals surface area contributed by atoms with Gasteiger partial charge in [0, 0.05) is 19.7 Å². The average Bonchev–Trinajstić information content (AvgIpc) is 2.55. The quantitative estimate of drug-likeness (QED) is 0.481. The van der Waals surface area contributed by atoms with Crippen molar-refractivity contribution in [3.8, 4) is 0 Å². The highest BCUT2D eigenvalue weighted by Gasteiger charge is 2.36. The number of aliphatic hydroxyl groups excluding tert-OH is 1. The minimum absolute atomic E-state index is 0.0883. The molecular weight excluding hydrogens is 204 g/mol. The van der Waals surface area contributed by atoms with Crippen LogP contribution in [0.4, 0.5) is 0 Å². The Morgan fingerprint density at radius 1 is 1.25 bits per heavy atom. The van der Waals surface area contributed by atoms with Gasteiger partial charge in [-0.15, -0.1) is 0 Å². The molecule has 0 bridgehead atoms. The van der Waals surface area contributed by atoms with Crippen molar-refractivity contribution >= 4 is 5.91 Å². The van der Waals surface area contributed by atoms with Crippen LogP contribution in [0.5, 0.6) is 0 Å². The van der Waals surface area contributed by atoms with E-state index < -0.39 is 0 Å². The van der Waals surface area contributed by atoms with E-state index in [2.05, 4.69) is 5.32 Å². The van der Waals surface area contributed by atoms with Gasteiger partial charge >= 0.3 is 0 Å². The number of carbonyl (C=O) groups excluding carboxylic acids is 1. The van der Waals surface area contributed by atoms with E-state index in [4.69, 9.17) is 10.8 Å². The van der Waals surface area contributed by atoms with Crippen molar-refractivity contribution in [3.05, 3.63) is 0 Å². The summed E-state index contributed by atoms with van der Waals surface area (Å²) < 4.78 is 0. The van der Waals surface area contributed by atoms with Crippen LogP contribution in [-0.4, -0.2) is 30.7 Å². The first-order chi connectivity index (χ1) is 7.75. The number of nitrogens with one attached hydrogen (secondary N) is 1. The first kappa shape index (κ1) is 13.5. The second kappa shape index (κ2) is 6.86. The molecule has 4 N–H and O–H groups in total. The molecule has 1 fully saturated rings. The van der Waals surface area contributed by atoms with Crippen molar-refractivity contribution in [2.75, 3.05) is 19.7 Å². The Balaban J connectivity index is 2.51. The maximum Gasteiger partial charge on any atom is 0.227 e. The molecule has 0 radical (unpaired) electrons. The van der Waals surface area contributed by atoms with E-state index in [0.29, 0.717) is 19.5 Å². The van der Waals surface area contributed by atoms with Gasteiger partial charge in [-0.05, 0) is 19.3 Å². The molecule has 0 aliphatic heterocycles. The summed E-state index contributed by atoms with van der Waals surface area (Å²) in [6.45, 7) is 1.12. The van der Waals surface area contributed by atoms with Crippen LogP contribution in [0.15, 0.2) is 0 Å². The molecule has 0 saturated heterocycles. The van der Waals surface area contributed by atoms with Crippen molar-refractivity contribution in [2.24, 2.45) is 11.1 Å². The second-order valence-corrected chi connectivity index (χ2v) is 4.73. The number of rotatable bonds is 5. The highest BCUT2D eigenvalue weighted by atomic mass is 16.3. The molecule has 1 aliphatic carbocycles. The van der Waals surface area contributed by atoms with Crippen LogP contribution < -0.4 is 11.1 Å². The van der Waals surface area contributed by atoms with E-state index in [9.17, 15) is 4.79 Å². The Labute approximate surface area is 97.6 Å². The Bertz CT molecular complexity index is 211. The predicted octanol–water partition coefficient (Wildman–Crippen LogP) is 0.784. The molecule has 0 heterocycles. The van der Waals surface area contributed by atoms with Gasteiger partial charge in [-0.3, -0.25) is 4.79 Å². The molecule has 16 heavy (non-hydrogen) atoms. The summed E-state index contributed by atoms with van der Waals surface area (Å²) in [5, 5.41) is 11.6. The fraction of sp³-hybridized carbons (Fsp3) is 0.917. The lowest BCUT2D eigenvalue weighted by molar-refractivity contribution is -0.131. The summed E-state index contributed by atoms with van der Waals surface area (Å²) in [5.74, 6) is 0.0883. The summed E-state index contributed by atoms with van der Waals surface area (Å²) in [6, 6.07) is 0. The second-order valence-electron chi connectivity index (χ2n) is 4.73. The Morgan fingerprint density at radius 2 is 1.88 bits per heavy atom. The molecule has 0 spiro atoms. The van der Waals surface area contributed by atoms with Gasteiger partial charge in [-0.25, -0.2) is 0 Å². The van der Waals surface area contributed by atoms with Gasteiger partial charge < -0.3 is 16.2 Å². The third kappa shape index (κ3) is 3.46. The van der Waals surface area contributed by atoms with E-state index in [-0.39, 0.29) is 17.9 Å². The lowest BCUT2D eigenvalue weighted by Crippen LogP contribution is -2.46. The van der Waals surface area contributed by atoms with Crippen LogP contribution in [-0.2, 0) is 4.79 Å². The monoisotopic (exact) mass is 228 g/mol. The molecule has 1 saturated carbocycles. The molecule has 0 atom stereocenters. The lowest BCUT2D eigenvalue weighted by Gasteiger charge is -2.29. The Hall–Kier alpha value is -0.610. The number of amides is 1. The molecular formula is C12H24N2O2. The van der Waals surface area contributed by atoms with Gasteiger partial charge in [0.15, 0.2) is 0 Å². The van der Waals surface area contributed by atoms with Crippen LogP contribution in [0.25, 0.3) is 0 Å². The summed E-state index contributed by atoms with van der Waals surface area (Å²) in [4.78, 5) is 12.1. The highest BCUT2D eigenvalue weighted by Crippen LogP contribution is 2.34. The van der Waals surface area contributed by atoms with Gasteiger partial charge in [0.05, 0.1) is 5.41 Å². The van der Waals surface area contributed by atoms with Crippen LogP contribution in [0.3, 0.4) is 0 Å². The largest absolute Gasteiger partial charge is 0.396 e. The molecule has 0 aromatic rings. The molecule has 94 valence electrons. The molecule has 1 rings (SSSR count). The maximum atomic E-state index is 12.1. The minimum atomic E-state index is -0.341. The van der Waals surface area contributed by atoms with Gasteiger partial charge in [-0.1, -0.05) is 25.7 Å². The topological polar surface area (TPSA) is 75.4 Å². The zero-order chi connectivity index (χ0) is 11.9. The first-order valence-electron chi connectivity index (χ1n) is 6.34. The number of nitrogens with two attached hydrogens (primary N) is 1. The van der Waals surface area contributed by atoms with Crippen molar-refractivity contribution in [1.29, 1.82) is 0 Å². The molecule has 4 nitrogen and oxygen atoms in total. The van der Waals surface area contributed by atoms with E-state index in [1.807, 2.05) is 0 Å². The van der Waals surface area contributed by atoms with E-state index in [0.717, 1.165) is 25.7 Å². The van der Waals surface area contributed by atoms with Crippen molar-refractivity contribution < 1.29 is 9.90 Å². The highest BCUT2D eigenvalue weighted by molar-refractivity contribution is 5.82. The number of hydrogen-bond donors (Lipinski definition) is 3. The van der Waals surface area contributed by atoms with Gasteiger partial charge in [0.25, 0.3) is 0 Å². The van der Waals surface area contributed by atoms with Crippen LogP contribution in [0.2, 0.25) is 0 Å². The van der Waals surface area contributed by atoms with Crippen molar-refractivity contribution in [2.45, 2.75) is 44.9 Å². The number of hydrogen-bond acceptors (Lipinski definition) is 3. The molecule has 4 heteroatoms. The molecule has 0 aromatic carbocycles. The standard InChI is InChI=1S/C12H24N2O2/c13-10-12(6-3-1-2-4-7-12)11(16)14-8-5-9-15/h15H,1-10,13H2,(H,14,16). The molecule has 0 unspecified atom stereocenters. The summed E-state index contributed by atoms with van der Waals surface area (Å²) in [5.41, 5.74) is 5.46. The summed E-state index contributed by atoms with van der Waals surface area (Å²) in [6.07, 6.45) is 7.07. The third-order valence-electron chi connectivity index (χ3n) is 3.55. The first-order valence-corrected chi connectivity index (χ1v) is 6.34. The predicted molar refractivity (Wildman–Crippen MR) is 63.9 cm³/mol. The van der Waals surface area contributed by atoms with Gasteiger partial charge in [-0.2, -0.15) is 0 Å². The van der Waals surface area contributed by atoms with Gasteiger partial charge in [0.2, 0.25) is 5.91 Å². The maximum absolute atomic E-state index is 12.1. The fourth-order valence-electron chi connectivity index (χ4n) is 2.40. The average molecular weight is 228 g/mol. The Kier molecular flexibility index (Phi) is 5.77. The minimum Gasteiger partial charge on any atom is -0.396 e. The van der Waals surface area contributed by atoms with Crippen LogP contribution >= 0.6 is 0 Å². The van der Waals surface area contributed by atoms with Crippen molar-refractivity contribution in [1.82, 2.24) is 5.32 Å². The fourth-order valence-corrected chi connectivity index (χ4v) is 2.40. The molecule has 1 amide bonds.